The highest BCUT2D eigenvalue weighted by Gasteiger charge is 2.53. The Hall–Kier alpha value is -0.0400. The molecule has 0 radical (unpaired) electrons. The number of fused-ring (bicyclic) bond motifs is 1. The molecule has 1 unspecified atom stereocenters. The van der Waals surface area contributed by atoms with E-state index >= 15 is 0 Å². The molecule has 1 heteroatoms. The molecule has 3 atom stereocenters. The lowest BCUT2D eigenvalue weighted by Gasteiger charge is -2.13. The van der Waals surface area contributed by atoms with Crippen LogP contribution in [-0.4, -0.2) is 25.0 Å². The van der Waals surface area contributed by atoms with Gasteiger partial charge in [0.2, 0.25) is 0 Å². The summed E-state index contributed by atoms with van der Waals surface area (Å²) in [7, 11) is 2.25. The van der Waals surface area contributed by atoms with Crippen LogP contribution >= 0.6 is 0 Å². The summed E-state index contributed by atoms with van der Waals surface area (Å²) >= 11 is 0. The van der Waals surface area contributed by atoms with Gasteiger partial charge in [-0.05, 0) is 37.1 Å². The number of likely N-dealkylation sites (tertiary alicyclic amines) is 1. The highest BCUT2D eigenvalue weighted by atomic mass is 15.2. The zero-order valence-corrected chi connectivity index (χ0v) is 7.88. The van der Waals surface area contributed by atoms with Crippen LogP contribution in [0.15, 0.2) is 0 Å². The van der Waals surface area contributed by atoms with Gasteiger partial charge in [0, 0.05) is 13.1 Å². The zero-order chi connectivity index (χ0) is 8.01. The summed E-state index contributed by atoms with van der Waals surface area (Å²) in [5, 5.41) is 0. The van der Waals surface area contributed by atoms with Crippen molar-refractivity contribution in [1.29, 1.82) is 0 Å². The standard InChI is InChI=1S/C10H19N/c1-7(2)4-8-9-5-11(3)6-10(8)9/h7-10H,4-6H2,1-3H3/t8?,9-,10+. The molecule has 0 aromatic rings. The fourth-order valence-electron chi connectivity index (χ4n) is 2.75. The molecular weight excluding hydrogens is 134 g/mol. The zero-order valence-electron chi connectivity index (χ0n) is 7.88. The second kappa shape index (κ2) is 2.48. The molecule has 0 aromatic carbocycles. The summed E-state index contributed by atoms with van der Waals surface area (Å²) < 4.78 is 0. The Morgan fingerprint density at radius 2 is 1.82 bits per heavy atom. The number of piperidine rings is 1. The number of hydrogen-bond acceptors (Lipinski definition) is 1. The van der Waals surface area contributed by atoms with Gasteiger partial charge in [0.05, 0.1) is 0 Å². The van der Waals surface area contributed by atoms with Crippen molar-refractivity contribution in [1.82, 2.24) is 4.90 Å². The van der Waals surface area contributed by atoms with Gasteiger partial charge >= 0.3 is 0 Å². The molecule has 0 N–H and O–H groups in total. The second-order valence-corrected chi connectivity index (χ2v) is 4.84. The molecule has 0 spiro atoms. The molecule has 1 nitrogen and oxygen atoms in total. The van der Waals surface area contributed by atoms with Crippen LogP contribution in [-0.2, 0) is 0 Å². The molecule has 0 aromatic heterocycles. The number of hydrogen-bond donors (Lipinski definition) is 0. The van der Waals surface area contributed by atoms with E-state index < -0.39 is 0 Å². The van der Waals surface area contributed by atoms with Crippen molar-refractivity contribution in [3.63, 3.8) is 0 Å². The van der Waals surface area contributed by atoms with Gasteiger partial charge < -0.3 is 4.90 Å². The lowest BCUT2D eigenvalue weighted by atomic mass is 10.0. The normalized spacial score (nSPS) is 43.1. The Kier molecular flexibility index (Phi) is 1.71. The minimum Gasteiger partial charge on any atom is -0.306 e. The molecule has 11 heavy (non-hydrogen) atoms. The van der Waals surface area contributed by atoms with E-state index in [9.17, 15) is 0 Å². The first-order valence-corrected chi connectivity index (χ1v) is 4.87. The summed E-state index contributed by atoms with van der Waals surface area (Å²) in [4.78, 5) is 2.48. The van der Waals surface area contributed by atoms with Crippen LogP contribution in [0.1, 0.15) is 20.3 Å². The fourth-order valence-corrected chi connectivity index (χ4v) is 2.75. The van der Waals surface area contributed by atoms with Crippen molar-refractivity contribution in [2.45, 2.75) is 20.3 Å². The summed E-state index contributed by atoms with van der Waals surface area (Å²) in [6.07, 6.45) is 1.48. The minimum absolute atomic E-state index is 0.913. The Labute approximate surface area is 69.8 Å². The maximum absolute atomic E-state index is 2.48. The average Bonchev–Trinajstić information content (AvgIpc) is 2.43. The van der Waals surface area contributed by atoms with Crippen LogP contribution < -0.4 is 0 Å². The predicted octanol–water partition coefficient (Wildman–Crippen LogP) is 1.84. The van der Waals surface area contributed by atoms with Gasteiger partial charge in [-0.3, -0.25) is 0 Å². The van der Waals surface area contributed by atoms with E-state index in [2.05, 4.69) is 25.8 Å². The molecule has 2 fully saturated rings. The summed E-state index contributed by atoms with van der Waals surface area (Å²) in [5.41, 5.74) is 0. The van der Waals surface area contributed by atoms with Crippen LogP contribution in [0.2, 0.25) is 0 Å². The maximum Gasteiger partial charge on any atom is 0.00127 e. The van der Waals surface area contributed by atoms with Crippen LogP contribution in [0.4, 0.5) is 0 Å². The van der Waals surface area contributed by atoms with E-state index in [0.717, 1.165) is 23.7 Å². The summed E-state index contributed by atoms with van der Waals surface area (Å²) in [6, 6.07) is 0. The summed E-state index contributed by atoms with van der Waals surface area (Å²) in [6.45, 7) is 7.44. The van der Waals surface area contributed by atoms with Gasteiger partial charge in [-0.1, -0.05) is 13.8 Å². The molecule has 1 aliphatic carbocycles. The molecule has 2 rings (SSSR count). The van der Waals surface area contributed by atoms with E-state index in [-0.39, 0.29) is 0 Å². The third-order valence-corrected chi connectivity index (χ3v) is 3.30. The van der Waals surface area contributed by atoms with Crippen LogP contribution in [0.3, 0.4) is 0 Å². The molecule has 1 saturated carbocycles. The molecule has 2 aliphatic rings. The Morgan fingerprint density at radius 1 is 1.27 bits per heavy atom. The first kappa shape index (κ1) is 7.60. The maximum atomic E-state index is 2.48. The summed E-state index contributed by atoms with van der Waals surface area (Å²) in [5.74, 6) is 4.19. The third kappa shape index (κ3) is 1.31. The first-order valence-electron chi connectivity index (χ1n) is 4.87. The van der Waals surface area contributed by atoms with Crippen molar-refractivity contribution in [2.24, 2.45) is 23.7 Å². The monoisotopic (exact) mass is 153 g/mol. The molecule has 1 heterocycles. The van der Waals surface area contributed by atoms with E-state index in [1.165, 1.54) is 19.5 Å². The quantitative estimate of drug-likeness (QED) is 0.585. The van der Waals surface area contributed by atoms with Gasteiger partial charge in [0.1, 0.15) is 0 Å². The van der Waals surface area contributed by atoms with Crippen molar-refractivity contribution in [3.8, 4) is 0 Å². The Bertz CT molecular complexity index is 141. The van der Waals surface area contributed by atoms with Crippen LogP contribution in [0.5, 0.6) is 0 Å². The van der Waals surface area contributed by atoms with Gasteiger partial charge in [-0.25, -0.2) is 0 Å². The van der Waals surface area contributed by atoms with Crippen molar-refractivity contribution >= 4 is 0 Å². The van der Waals surface area contributed by atoms with E-state index in [4.69, 9.17) is 0 Å². The van der Waals surface area contributed by atoms with Gasteiger partial charge in [0.15, 0.2) is 0 Å². The van der Waals surface area contributed by atoms with Gasteiger partial charge in [0.25, 0.3) is 0 Å². The van der Waals surface area contributed by atoms with Crippen molar-refractivity contribution in [2.75, 3.05) is 20.1 Å². The van der Waals surface area contributed by atoms with Gasteiger partial charge in [-0.2, -0.15) is 0 Å². The van der Waals surface area contributed by atoms with E-state index in [1.807, 2.05) is 0 Å². The molecular formula is C10H19N. The Balaban J connectivity index is 1.79. The number of rotatable bonds is 2. The lowest BCUT2D eigenvalue weighted by molar-refractivity contribution is 0.327. The average molecular weight is 153 g/mol. The Morgan fingerprint density at radius 3 is 2.27 bits per heavy atom. The van der Waals surface area contributed by atoms with Crippen molar-refractivity contribution in [3.05, 3.63) is 0 Å². The van der Waals surface area contributed by atoms with Crippen LogP contribution in [0, 0.1) is 23.7 Å². The second-order valence-electron chi connectivity index (χ2n) is 4.84. The highest BCUT2D eigenvalue weighted by molar-refractivity contribution is 5.04. The number of nitrogens with zero attached hydrogens (tertiary/aromatic N) is 1. The molecule has 0 amide bonds. The smallest absolute Gasteiger partial charge is 0.00127 e. The minimum atomic E-state index is 0.913. The third-order valence-electron chi connectivity index (χ3n) is 3.30. The van der Waals surface area contributed by atoms with E-state index in [0.29, 0.717) is 0 Å². The highest BCUT2D eigenvalue weighted by Crippen LogP contribution is 2.54. The molecule has 1 saturated heterocycles. The molecule has 0 bridgehead atoms. The first-order chi connectivity index (χ1) is 5.18. The van der Waals surface area contributed by atoms with Crippen LogP contribution in [0.25, 0.3) is 0 Å². The predicted molar refractivity (Wildman–Crippen MR) is 47.4 cm³/mol. The van der Waals surface area contributed by atoms with Gasteiger partial charge in [-0.15, -0.1) is 0 Å². The SMILES string of the molecule is CC(C)CC1[C@H]2CN(C)C[C@@H]12. The topological polar surface area (TPSA) is 3.24 Å². The lowest BCUT2D eigenvalue weighted by Crippen LogP contribution is -2.19. The molecule has 64 valence electrons. The molecule has 1 aliphatic heterocycles. The van der Waals surface area contributed by atoms with E-state index in [1.54, 1.807) is 0 Å². The fraction of sp³-hybridized carbons (Fsp3) is 1.00. The van der Waals surface area contributed by atoms with Crippen molar-refractivity contribution < 1.29 is 0 Å². The largest absolute Gasteiger partial charge is 0.306 e.